The van der Waals surface area contributed by atoms with Gasteiger partial charge in [-0.25, -0.2) is 0 Å². The first-order valence-corrected chi connectivity index (χ1v) is 5.01. The fourth-order valence-corrected chi connectivity index (χ4v) is 2.80. The molecule has 0 radical (unpaired) electrons. The topological polar surface area (TPSA) is 24.5 Å². The maximum absolute atomic E-state index is 5.25. The minimum Gasteiger partial charge on any atom is -0.378 e. The molecule has 3 heterocycles. The van der Waals surface area contributed by atoms with Crippen LogP contribution in [0.1, 0.15) is 12.8 Å². The van der Waals surface area contributed by atoms with Crippen LogP contribution in [0.4, 0.5) is 0 Å². The summed E-state index contributed by atoms with van der Waals surface area (Å²) in [6, 6.07) is 2.39. The zero-order valence-electron chi connectivity index (χ0n) is 7.33. The zero-order valence-corrected chi connectivity index (χ0v) is 7.33. The highest BCUT2D eigenvalue weighted by atomic mass is 16.5. The smallest absolute Gasteiger partial charge is 0.0645 e. The maximum Gasteiger partial charge on any atom is 0.0645 e. The standard InChI is InChI=1S/C9H16N2O/c1-2-8-4-10-3-7(1)11(8)9-5-12-6-9/h7-10H,1-6H2. The van der Waals surface area contributed by atoms with Crippen molar-refractivity contribution in [3.63, 3.8) is 0 Å². The van der Waals surface area contributed by atoms with Crippen molar-refractivity contribution in [2.24, 2.45) is 0 Å². The average molecular weight is 168 g/mol. The SMILES string of the molecule is C1CC2CNCC1N2C1COC1. The Balaban J connectivity index is 1.75. The van der Waals surface area contributed by atoms with Crippen LogP contribution in [0.25, 0.3) is 0 Å². The van der Waals surface area contributed by atoms with Gasteiger partial charge in [0, 0.05) is 25.2 Å². The van der Waals surface area contributed by atoms with E-state index < -0.39 is 0 Å². The van der Waals surface area contributed by atoms with Crippen molar-refractivity contribution in [3.05, 3.63) is 0 Å². The second kappa shape index (κ2) is 2.69. The Morgan fingerprint density at radius 3 is 2.17 bits per heavy atom. The van der Waals surface area contributed by atoms with Crippen molar-refractivity contribution in [1.29, 1.82) is 0 Å². The number of ether oxygens (including phenoxy) is 1. The van der Waals surface area contributed by atoms with E-state index in [0.29, 0.717) is 0 Å². The highest BCUT2D eigenvalue weighted by Gasteiger charge is 2.42. The van der Waals surface area contributed by atoms with Crippen LogP contribution in [0.15, 0.2) is 0 Å². The van der Waals surface area contributed by atoms with Gasteiger partial charge < -0.3 is 10.1 Å². The van der Waals surface area contributed by atoms with Crippen LogP contribution in [0, 0.1) is 0 Å². The first-order chi connectivity index (χ1) is 5.95. The lowest BCUT2D eigenvalue weighted by atomic mass is 10.1. The predicted molar refractivity (Wildman–Crippen MR) is 46.1 cm³/mol. The third-order valence-electron chi connectivity index (χ3n) is 3.48. The van der Waals surface area contributed by atoms with Crippen molar-refractivity contribution in [2.75, 3.05) is 26.3 Å². The van der Waals surface area contributed by atoms with Crippen LogP contribution in [0.2, 0.25) is 0 Å². The zero-order chi connectivity index (χ0) is 7.97. The van der Waals surface area contributed by atoms with E-state index >= 15 is 0 Å². The Kier molecular flexibility index (Phi) is 1.63. The fourth-order valence-electron chi connectivity index (χ4n) is 2.80. The van der Waals surface area contributed by atoms with Crippen molar-refractivity contribution in [3.8, 4) is 0 Å². The molecule has 3 heteroatoms. The van der Waals surface area contributed by atoms with E-state index in [-0.39, 0.29) is 0 Å². The third kappa shape index (κ3) is 0.934. The summed E-state index contributed by atoms with van der Waals surface area (Å²) in [6.45, 7) is 4.36. The summed E-state index contributed by atoms with van der Waals surface area (Å²) in [6.07, 6.45) is 2.79. The largest absolute Gasteiger partial charge is 0.378 e. The molecule has 0 aromatic heterocycles. The Bertz CT molecular complexity index is 165. The van der Waals surface area contributed by atoms with E-state index in [0.717, 1.165) is 31.3 Å². The van der Waals surface area contributed by atoms with Gasteiger partial charge in [0.1, 0.15) is 0 Å². The maximum atomic E-state index is 5.25. The molecule has 3 rings (SSSR count). The lowest BCUT2D eigenvalue weighted by Gasteiger charge is -2.44. The molecule has 1 N–H and O–H groups in total. The first kappa shape index (κ1) is 7.30. The van der Waals surface area contributed by atoms with Crippen LogP contribution in [0.3, 0.4) is 0 Å². The molecule has 2 unspecified atom stereocenters. The molecule has 68 valence electrons. The van der Waals surface area contributed by atoms with Gasteiger partial charge in [-0.15, -0.1) is 0 Å². The Labute approximate surface area is 73.1 Å². The van der Waals surface area contributed by atoms with Gasteiger partial charge >= 0.3 is 0 Å². The van der Waals surface area contributed by atoms with E-state index in [1.165, 1.54) is 25.9 Å². The van der Waals surface area contributed by atoms with Crippen LogP contribution in [-0.2, 0) is 4.74 Å². The fraction of sp³-hybridized carbons (Fsp3) is 1.00. The number of piperazine rings is 1. The minimum absolute atomic E-state index is 0.754. The quantitative estimate of drug-likeness (QED) is 0.588. The number of nitrogens with one attached hydrogen (secondary N) is 1. The number of rotatable bonds is 1. The Morgan fingerprint density at radius 2 is 1.67 bits per heavy atom. The van der Waals surface area contributed by atoms with Crippen LogP contribution in [0.5, 0.6) is 0 Å². The summed E-state index contributed by atoms with van der Waals surface area (Å²) < 4.78 is 5.25. The average Bonchev–Trinajstić information content (AvgIpc) is 2.28. The Hall–Kier alpha value is -0.120. The monoisotopic (exact) mass is 168 g/mol. The molecule has 0 aromatic rings. The Morgan fingerprint density at radius 1 is 1.00 bits per heavy atom. The third-order valence-corrected chi connectivity index (χ3v) is 3.48. The molecular formula is C9H16N2O. The van der Waals surface area contributed by atoms with Gasteiger partial charge in [-0.2, -0.15) is 0 Å². The summed E-state index contributed by atoms with van der Waals surface area (Å²) in [4.78, 5) is 2.71. The van der Waals surface area contributed by atoms with Gasteiger partial charge in [0.2, 0.25) is 0 Å². The van der Waals surface area contributed by atoms with Crippen molar-refractivity contribution >= 4 is 0 Å². The summed E-state index contributed by atoms with van der Waals surface area (Å²) in [7, 11) is 0. The molecule has 0 spiro atoms. The molecular weight excluding hydrogens is 152 g/mol. The number of hydrogen-bond donors (Lipinski definition) is 1. The first-order valence-electron chi connectivity index (χ1n) is 5.01. The summed E-state index contributed by atoms with van der Waals surface area (Å²) in [5.74, 6) is 0. The molecule has 2 atom stereocenters. The van der Waals surface area contributed by atoms with E-state index in [1.807, 2.05) is 0 Å². The molecule has 3 aliphatic heterocycles. The van der Waals surface area contributed by atoms with Crippen LogP contribution >= 0.6 is 0 Å². The molecule has 0 amide bonds. The van der Waals surface area contributed by atoms with Gasteiger partial charge in [-0.3, -0.25) is 4.90 Å². The summed E-state index contributed by atoms with van der Waals surface area (Å²) in [5.41, 5.74) is 0. The van der Waals surface area contributed by atoms with Crippen LogP contribution < -0.4 is 5.32 Å². The second-order valence-corrected chi connectivity index (χ2v) is 4.18. The van der Waals surface area contributed by atoms with Crippen molar-refractivity contribution < 1.29 is 4.74 Å². The predicted octanol–water partition coefficient (Wildman–Crippen LogP) is -0.179. The van der Waals surface area contributed by atoms with Gasteiger partial charge in [0.05, 0.1) is 19.3 Å². The number of fused-ring (bicyclic) bond motifs is 2. The second-order valence-electron chi connectivity index (χ2n) is 4.18. The van der Waals surface area contributed by atoms with Crippen molar-refractivity contribution in [2.45, 2.75) is 31.0 Å². The van der Waals surface area contributed by atoms with E-state index in [9.17, 15) is 0 Å². The molecule has 2 bridgehead atoms. The normalized spacial score (nSPS) is 43.0. The van der Waals surface area contributed by atoms with Gasteiger partial charge in [-0.05, 0) is 12.8 Å². The van der Waals surface area contributed by atoms with Gasteiger partial charge in [0.15, 0.2) is 0 Å². The molecule has 3 nitrogen and oxygen atoms in total. The number of nitrogens with zero attached hydrogens (tertiary/aromatic N) is 1. The summed E-state index contributed by atoms with van der Waals surface area (Å²) >= 11 is 0. The molecule has 0 saturated carbocycles. The minimum atomic E-state index is 0.754. The van der Waals surface area contributed by atoms with E-state index in [4.69, 9.17) is 4.74 Å². The van der Waals surface area contributed by atoms with Gasteiger partial charge in [-0.1, -0.05) is 0 Å². The molecule has 12 heavy (non-hydrogen) atoms. The molecule has 3 saturated heterocycles. The van der Waals surface area contributed by atoms with E-state index in [2.05, 4.69) is 10.2 Å². The molecule has 3 aliphatic rings. The highest BCUT2D eigenvalue weighted by Crippen LogP contribution is 2.30. The summed E-state index contributed by atoms with van der Waals surface area (Å²) in [5, 5.41) is 3.50. The molecule has 0 aliphatic carbocycles. The molecule has 3 fully saturated rings. The van der Waals surface area contributed by atoms with Crippen LogP contribution in [-0.4, -0.2) is 49.3 Å². The number of hydrogen-bond acceptors (Lipinski definition) is 3. The lowest BCUT2D eigenvalue weighted by molar-refractivity contribution is -0.0874. The van der Waals surface area contributed by atoms with E-state index in [1.54, 1.807) is 0 Å². The lowest BCUT2D eigenvalue weighted by Crippen LogP contribution is -2.61. The van der Waals surface area contributed by atoms with Gasteiger partial charge in [0.25, 0.3) is 0 Å². The highest BCUT2D eigenvalue weighted by molar-refractivity contribution is 4.98. The van der Waals surface area contributed by atoms with Crippen molar-refractivity contribution in [1.82, 2.24) is 10.2 Å². The molecule has 0 aromatic carbocycles.